The van der Waals surface area contributed by atoms with E-state index in [1.165, 1.54) is 0 Å². The molecule has 9 heavy (non-hydrogen) atoms. The first-order valence-corrected chi connectivity index (χ1v) is 2.66. The minimum atomic E-state index is 0.0268. The summed E-state index contributed by atoms with van der Waals surface area (Å²) in [5, 5.41) is 14.5. The fourth-order valence-electron chi connectivity index (χ4n) is 0.479. The van der Waals surface area contributed by atoms with Gasteiger partial charge in [0.2, 0.25) is 5.88 Å². The lowest BCUT2D eigenvalue weighted by atomic mass is 10.7. The molecule has 0 atom stereocenters. The van der Waals surface area contributed by atoms with Crippen LogP contribution in [-0.2, 0) is 0 Å². The van der Waals surface area contributed by atoms with E-state index in [2.05, 4.69) is 10.2 Å². The third-order valence-corrected chi connectivity index (χ3v) is 0.824. The summed E-state index contributed by atoms with van der Waals surface area (Å²) in [6.07, 6.45) is 1.59. The highest BCUT2D eigenvalue weighted by molar-refractivity contribution is 5.03. The Hall–Kier alpha value is -1.03. The van der Waals surface area contributed by atoms with E-state index in [0.29, 0.717) is 12.5 Å². The largest absolute Gasteiger partial charge is 0.476 e. The summed E-state index contributed by atoms with van der Waals surface area (Å²) in [4.78, 5) is 0. The molecular formula is C5H8N2O2. The van der Waals surface area contributed by atoms with Gasteiger partial charge in [0, 0.05) is 6.07 Å². The van der Waals surface area contributed by atoms with E-state index in [9.17, 15) is 0 Å². The van der Waals surface area contributed by atoms with Crippen LogP contribution in [0.5, 0.6) is 5.88 Å². The van der Waals surface area contributed by atoms with Crippen molar-refractivity contribution in [3.05, 3.63) is 12.3 Å². The van der Waals surface area contributed by atoms with Gasteiger partial charge in [-0.15, -0.1) is 0 Å². The van der Waals surface area contributed by atoms with E-state index >= 15 is 0 Å². The molecule has 1 heterocycles. The van der Waals surface area contributed by atoms with E-state index in [0.717, 1.165) is 0 Å². The quantitative estimate of drug-likeness (QED) is 0.591. The molecule has 1 aromatic rings. The molecule has 0 amide bonds. The van der Waals surface area contributed by atoms with Gasteiger partial charge in [0.1, 0.15) is 6.61 Å². The Bertz CT molecular complexity index is 150. The molecule has 0 spiro atoms. The molecule has 1 aromatic heterocycles. The van der Waals surface area contributed by atoms with Gasteiger partial charge < -0.3 is 9.84 Å². The van der Waals surface area contributed by atoms with Crippen LogP contribution in [0, 0.1) is 0 Å². The van der Waals surface area contributed by atoms with Crippen molar-refractivity contribution in [2.75, 3.05) is 13.2 Å². The Morgan fingerprint density at radius 1 is 1.78 bits per heavy atom. The summed E-state index contributed by atoms with van der Waals surface area (Å²) in [5.74, 6) is 0.587. The molecule has 2 N–H and O–H groups in total. The van der Waals surface area contributed by atoms with Crippen LogP contribution in [0.2, 0.25) is 0 Å². The zero-order chi connectivity index (χ0) is 6.53. The Morgan fingerprint density at radius 2 is 2.67 bits per heavy atom. The van der Waals surface area contributed by atoms with Gasteiger partial charge in [0.05, 0.1) is 12.8 Å². The van der Waals surface area contributed by atoms with Crippen molar-refractivity contribution >= 4 is 0 Å². The summed E-state index contributed by atoms with van der Waals surface area (Å²) in [5.41, 5.74) is 0. The van der Waals surface area contributed by atoms with Gasteiger partial charge in [-0.2, -0.15) is 5.10 Å². The van der Waals surface area contributed by atoms with Crippen LogP contribution in [0.15, 0.2) is 12.3 Å². The number of hydrogen-bond donors (Lipinski definition) is 2. The van der Waals surface area contributed by atoms with Crippen LogP contribution in [0.3, 0.4) is 0 Å². The summed E-state index contributed by atoms with van der Waals surface area (Å²) < 4.78 is 4.93. The fourth-order valence-corrected chi connectivity index (χ4v) is 0.479. The molecule has 0 aromatic carbocycles. The number of rotatable bonds is 3. The number of aliphatic hydroxyl groups excluding tert-OH is 1. The maximum atomic E-state index is 8.31. The number of H-pyrrole nitrogens is 1. The summed E-state index contributed by atoms with van der Waals surface area (Å²) in [6, 6.07) is 1.69. The third-order valence-electron chi connectivity index (χ3n) is 0.824. The van der Waals surface area contributed by atoms with Crippen LogP contribution in [0.1, 0.15) is 0 Å². The Balaban J connectivity index is 2.30. The highest BCUT2D eigenvalue weighted by Crippen LogP contribution is 2.00. The van der Waals surface area contributed by atoms with Gasteiger partial charge in [-0.05, 0) is 0 Å². The van der Waals surface area contributed by atoms with Crippen LogP contribution >= 0.6 is 0 Å². The second kappa shape index (κ2) is 3.09. The highest BCUT2D eigenvalue weighted by Gasteiger charge is 1.89. The Labute approximate surface area is 52.5 Å². The van der Waals surface area contributed by atoms with Crippen LogP contribution in [0.25, 0.3) is 0 Å². The minimum absolute atomic E-state index is 0.0268. The lowest BCUT2D eigenvalue weighted by Gasteiger charge is -1.96. The van der Waals surface area contributed by atoms with Crippen LogP contribution in [0.4, 0.5) is 0 Å². The average molecular weight is 128 g/mol. The third kappa shape index (κ3) is 1.73. The molecule has 0 aliphatic rings. The van der Waals surface area contributed by atoms with E-state index < -0.39 is 0 Å². The van der Waals surface area contributed by atoms with Crippen LogP contribution in [-0.4, -0.2) is 28.5 Å². The Kier molecular flexibility index (Phi) is 2.09. The molecule has 4 heteroatoms. The molecule has 0 unspecified atom stereocenters. The topological polar surface area (TPSA) is 58.1 Å². The van der Waals surface area contributed by atoms with Crippen molar-refractivity contribution in [1.82, 2.24) is 10.2 Å². The standard InChI is InChI=1S/C5H8N2O2/c8-3-4-9-5-1-2-6-7-5/h1-2,8H,3-4H2,(H,6,7). The van der Waals surface area contributed by atoms with Crippen molar-refractivity contribution in [1.29, 1.82) is 0 Å². The van der Waals surface area contributed by atoms with E-state index in [1.54, 1.807) is 12.3 Å². The van der Waals surface area contributed by atoms with Gasteiger partial charge in [-0.25, -0.2) is 5.10 Å². The molecular weight excluding hydrogens is 120 g/mol. The van der Waals surface area contributed by atoms with Crippen molar-refractivity contribution in [3.63, 3.8) is 0 Å². The maximum absolute atomic E-state index is 8.31. The number of aromatic amines is 1. The number of nitrogens with one attached hydrogen (secondary N) is 1. The van der Waals surface area contributed by atoms with E-state index in [-0.39, 0.29) is 6.61 Å². The summed E-state index contributed by atoms with van der Waals surface area (Å²) in [6.45, 7) is 0.335. The van der Waals surface area contributed by atoms with E-state index in [1.807, 2.05) is 0 Å². The average Bonchev–Trinajstić information content (AvgIpc) is 2.34. The SMILES string of the molecule is OCCOc1ccn[nH]1. The molecule has 0 fully saturated rings. The Morgan fingerprint density at radius 3 is 3.22 bits per heavy atom. The van der Waals surface area contributed by atoms with Gasteiger partial charge in [-0.3, -0.25) is 0 Å². The van der Waals surface area contributed by atoms with Crippen molar-refractivity contribution < 1.29 is 9.84 Å². The molecule has 4 nitrogen and oxygen atoms in total. The maximum Gasteiger partial charge on any atom is 0.209 e. The first-order chi connectivity index (χ1) is 4.43. The number of hydrogen-bond acceptors (Lipinski definition) is 3. The van der Waals surface area contributed by atoms with Crippen molar-refractivity contribution in [2.24, 2.45) is 0 Å². The van der Waals surface area contributed by atoms with E-state index in [4.69, 9.17) is 9.84 Å². The second-order valence-electron chi connectivity index (χ2n) is 1.49. The first-order valence-electron chi connectivity index (χ1n) is 2.66. The van der Waals surface area contributed by atoms with Gasteiger partial charge in [0.25, 0.3) is 0 Å². The van der Waals surface area contributed by atoms with Gasteiger partial charge >= 0.3 is 0 Å². The first kappa shape index (κ1) is 6.10. The highest BCUT2D eigenvalue weighted by atomic mass is 16.5. The van der Waals surface area contributed by atoms with Gasteiger partial charge in [0.15, 0.2) is 0 Å². The lowest BCUT2D eigenvalue weighted by molar-refractivity contribution is 0.196. The predicted octanol–water partition coefficient (Wildman–Crippen LogP) is -0.219. The van der Waals surface area contributed by atoms with Crippen LogP contribution < -0.4 is 4.74 Å². The molecule has 1 rings (SSSR count). The molecule has 0 radical (unpaired) electrons. The van der Waals surface area contributed by atoms with Gasteiger partial charge in [-0.1, -0.05) is 0 Å². The molecule has 50 valence electrons. The molecule has 0 aliphatic carbocycles. The second-order valence-corrected chi connectivity index (χ2v) is 1.49. The zero-order valence-corrected chi connectivity index (χ0v) is 4.87. The fraction of sp³-hybridized carbons (Fsp3) is 0.400. The number of aliphatic hydroxyl groups is 1. The lowest BCUT2D eigenvalue weighted by Crippen LogP contribution is -2.01. The molecule has 0 saturated heterocycles. The number of aromatic nitrogens is 2. The minimum Gasteiger partial charge on any atom is -0.476 e. The molecule has 0 bridgehead atoms. The smallest absolute Gasteiger partial charge is 0.209 e. The predicted molar refractivity (Wildman–Crippen MR) is 31.2 cm³/mol. The van der Waals surface area contributed by atoms with Crippen molar-refractivity contribution in [3.8, 4) is 5.88 Å². The monoisotopic (exact) mass is 128 g/mol. The zero-order valence-electron chi connectivity index (χ0n) is 4.87. The normalized spacial score (nSPS) is 9.44. The summed E-state index contributed by atoms with van der Waals surface area (Å²) >= 11 is 0. The van der Waals surface area contributed by atoms with Crippen molar-refractivity contribution in [2.45, 2.75) is 0 Å². The molecule has 0 saturated carbocycles. The molecule has 0 aliphatic heterocycles. The number of nitrogens with zero attached hydrogens (tertiary/aromatic N) is 1. The number of ether oxygens (including phenoxy) is 1. The summed E-state index contributed by atoms with van der Waals surface area (Å²) in [7, 11) is 0.